The molecule has 0 saturated carbocycles. The van der Waals surface area contributed by atoms with Crippen LogP contribution in [0, 0.1) is 5.92 Å². The molecule has 0 aromatic carbocycles. The van der Waals surface area contributed by atoms with Gasteiger partial charge in [0.05, 0.1) is 0 Å². The van der Waals surface area contributed by atoms with Crippen LogP contribution in [0.2, 0.25) is 13.1 Å². The number of rotatable bonds is 12. The molecule has 0 fully saturated rings. The van der Waals surface area contributed by atoms with Gasteiger partial charge in [0.2, 0.25) is 0 Å². The highest BCUT2D eigenvalue weighted by atomic mass is 32.2. The number of amides is 2. The van der Waals surface area contributed by atoms with E-state index in [1.165, 1.54) is 23.5 Å². The number of hydrogen-bond donors (Lipinski definition) is 2. The summed E-state index contributed by atoms with van der Waals surface area (Å²) in [5, 5.41) is 6.76. The SMILES string of the molecule is CO[Si](C)(C)CSC(=O)NCCCCCCNC(=O)SCC(C)C. The molecule has 0 rings (SSSR count). The molecule has 0 atom stereocenters. The molecule has 0 aromatic rings. The minimum Gasteiger partial charge on any atom is -0.420 e. The van der Waals surface area contributed by atoms with Crippen molar-refractivity contribution in [2.45, 2.75) is 52.6 Å². The summed E-state index contributed by atoms with van der Waals surface area (Å²) >= 11 is 2.69. The van der Waals surface area contributed by atoms with E-state index in [2.05, 4.69) is 37.6 Å². The Bertz CT molecular complexity index is 369. The van der Waals surface area contributed by atoms with Crippen LogP contribution in [0.1, 0.15) is 39.5 Å². The standard InChI is InChI=1S/C16H34N2O3S2Si/c1-14(2)12-22-15(19)17-10-8-6-7-9-11-18-16(20)23-13-24(4,5)21-3/h14H,6-13H2,1-5H3,(H,17,19)(H,18,20). The Morgan fingerprint density at radius 2 is 1.46 bits per heavy atom. The fourth-order valence-corrected chi connectivity index (χ4v) is 4.91. The van der Waals surface area contributed by atoms with Crippen molar-refractivity contribution in [1.82, 2.24) is 10.6 Å². The predicted molar refractivity (Wildman–Crippen MR) is 110 cm³/mol. The minimum absolute atomic E-state index is 0.0436. The van der Waals surface area contributed by atoms with Crippen LogP contribution in [-0.4, -0.2) is 50.1 Å². The molecule has 0 saturated heterocycles. The lowest BCUT2D eigenvalue weighted by Crippen LogP contribution is -2.34. The highest BCUT2D eigenvalue weighted by Gasteiger charge is 2.22. The van der Waals surface area contributed by atoms with E-state index in [9.17, 15) is 9.59 Å². The van der Waals surface area contributed by atoms with Crippen molar-refractivity contribution in [3.05, 3.63) is 0 Å². The molecule has 0 aliphatic carbocycles. The van der Waals surface area contributed by atoms with Gasteiger partial charge < -0.3 is 15.1 Å². The van der Waals surface area contributed by atoms with Gasteiger partial charge in [-0.15, -0.1) is 0 Å². The number of carbonyl (C=O) groups is 2. The number of carbonyl (C=O) groups excluding carboxylic acids is 2. The molecular weight excluding hydrogens is 360 g/mol. The first-order chi connectivity index (χ1) is 11.3. The molecule has 8 heteroatoms. The summed E-state index contributed by atoms with van der Waals surface area (Å²) in [4.78, 5) is 23.2. The van der Waals surface area contributed by atoms with Crippen molar-refractivity contribution in [2.75, 3.05) is 31.3 Å². The fraction of sp³-hybridized carbons (Fsp3) is 0.875. The van der Waals surface area contributed by atoms with E-state index in [4.69, 9.17) is 4.43 Å². The summed E-state index contributed by atoms with van der Waals surface area (Å²) < 4.78 is 5.42. The Morgan fingerprint density at radius 1 is 0.958 bits per heavy atom. The van der Waals surface area contributed by atoms with Crippen molar-refractivity contribution >= 4 is 42.3 Å². The molecule has 0 radical (unpaired) electrons. The minimum atomic E-state index is -1.67. The Morgan fingerprint density at radius 3 is 1.92 bits per heavy atom. The second kappa shape index (κ2) is 14.0. The Balaban J connectivity index is 3.42. The zero-order chi connectivity index (χ0) is 18.4. The van der Waals surface area contributed by atoms with E-state index < -0.39 is 8.32 Å². The van der Waals surface area contributed by atoms with Gasteiger partial charge in [-0.3, -0.25) is 9.59 Å². The zero-order valence-electron chi connectivity index (χ0n) is 15.8. The molecule has 142 valence electrons. The average Bonchev–Trinajstić information content (AvgIpc) is 2.53. The zero-order valence-corrected chi connectivity index (χ0v) is 18.4. The van der Waals surface area contributed by atoms with Gasteiger partial charge in [0.25, 0.3) is 10.5 Å². The summed E-state index contributed by atoms with van der Waals surface area (Å²) in [6.07, 6.45) is 4.11. The second-order valence-electron chi connectivity index (χ2n) is 6.80. The largest absolute Gasteiger partial charge is 0.420 e. The molecule has 0 aliphatic rings. The van der Waals surface area contributed by atoms with Crippen molar-refractivity contribution in [1.29, 1.82) is 0 Å². The molecule has 0 heterocycles. The molecule has 0 aromatic heterocycles. The summed E-state index contributed by atoms with van der Waals surface area (Å²) in [6, 6.07) is 0. The van der Waals surface area contributed by atoms with Crippen LogP contribution in [0.4, 0.5) is 9.59 Å². The molecule has 0 bridgehead atoms. The molecule has 0 spiro atoms. The number of thioether (sulfide) groups is 2. The maximum absolute atomic E-state index is 11.7. The van der Waals surface area contributed by atoms with Gasteiger partial charge in [0, 0.05) is 31.3 Å². The smallest absolute Gasteiger partial charge is 0.279 e. The molecule has 24 heavy (non-hydrogen) atoms. The van der Waals surface area contributed by atoms with E-state index in [1.807, 2.05) is 0 Å². The van der Waals surface area contributed by atoms with E-state index in [1.54, 1.807) is 7.11 Å². The highest BCUT2D eigenvalue weighted by Crippen LogP contribution is 2.13. The lowest BCUT2D eigenvalue weighted by Gasteiger charge is -2.18. The third-order valence-corrected chi connectivity index (χ3v) is 9.40. The third-order valence-electron chi connectivity index (χ3n) is 3.29. The Labute approximate surface area is 157 Å². The summed E-state index contributed by atoms with van der Waals surface area (Å²) in [5.74, 6) is 1.41. The lowest BCUT2D eigenvalue weighted by molar-refractivity contribution is 0.259. The highest BCUT2D eigenvalue weighted by molar-refractivity contribution is 8.14. The van der Waals surface area contributed by atoms with Crippen molar-refractivity contribution in [2.24, 2.45) is 5.92 Å². The number of unbranched alkanes of at least 4 members (excludes halogenated alkanes) is 3. The molecule has 2 N–H and O–H groups in total. The van der Waals surface area contributed by atoms with Crippen molar-refractivity contribution in [3.63, 3.8) is 0 Å². The summed E-state index contributed by atoms with van der Waals surface area (Å²) in [7, 11) is 0.0530. The van der Waals surface area contributed by atoms with Crippen LogP contribution >= 0.6 is 23.5 Å². The van der Waals surface area contributed by atoms with Gasteiger partial charge >= 0.3 is 0 Å². The quantitative estimate of drug-likeness (QED) is 0.377. The van der Waals surface area contributed by atoms with E-state index in [0.29, 0.717) is 5.92 Å². The van der Waals surface area contributed by atoms with Crippen LogP contribution in [0.15, 0.2) is 0 Å². The van der Waals surface area contributed by atoms with E-state index in [0.717, 1.165) is 49.9 Å². The van der Waals surface area contributed by atoms with Gasteiger partial charge in [0.15, 0.2) is 8.32 Å². The molecular formula is C16H34N2O3S2Si. The number of hydrogen-bond acceptors (Lipinski definition) is 5. The van der Waals surface area contributed by atoms with E-state index in [-0.39, 0.29) is 10.5 Å². The molecule has 5 nitrogen and oxygen atoms in total. The monoisotopic (exact) mass is 394 g/mol. The third kappa shape index (κ3) is 15.4. The molecule has 2 amide bonds. The average molecular weight is 395 g/mol. The first kappa shape index (κ1) is 23.8. The maximum atomic E-state index is 11.7. The van der Waals surface area contributed by atoms with E-state index >= 15 is 0 Å². The van der Waals surface area contributed by atoms with Crippen LogP contribution < -0.4 is 10.6 Å². The Hall–Kier alpha value is -0.183. The topological polar surface area (TPSA) is 67.4 Å². The van der Waals surface area contributed by atoms with Crippen LogP contribution in [-0.2, 0) is 4.43 Å². The molecule has 0 unspecified atom stereocenters. The normalized spacial score (nSPS) is 11.6. The first-order valence-electron chi connectivity index (χ1n) is 8.63. The van der Waals surface area contributed by atoms with Gasteiger partial charge in [-0.1, -0.05) is 50.2 Å². The molecule has 0 aliphatic heterocycles. The summed E-state index contributed by atoms with van der Waals surface area (Å²) in [5.41, 5.74) is 0. The van der Waals surface area contributed by atoms with Crippen LogP contribution in [0.25, 0.3) is 0 Å². The first-order valence-corrected chi connectivity index (χ1v) is 13.7. The summed E-state index contributed by atoms with van der Waals surface area (Å²) in [6.45, 7) is 9.89. The van der Waals surface area contributed by atoms with Crippen molar-refractivity contribution in [3.8, 4) is 0 Å². The van der Waals surface area contributed by atoms with Gasteiger partial charge in [-0.2, -0.15) is 0 Å². The Kier molecular flexibility index (Phi) is 13.9. The second-order valence-corrected chi connectivity index (χ2v) is 13.5. The predicted octanol–water partition coefficient (Wildman–Crippen LogP) is 4.48. The maximum Gasteiger partial charge on any atom is 0.279 e. The van der Waals surface area contributed by atoms with Crippen LogP contribution in [0.3, 0.4) is 0 Å². The number of nitrogens with one attached hydrogen (secondary N) is 2. The van der Waals surface area contributed by atoms with Gasteiger partial charge in [-0.25, -0.2) is 0 Å². The van der Waals surface area contributed by atoms with Crippen molar-refractivity contribution < 1.29 is 14.0 Å². The fourth-order valence-electron chi connectivity index (χ4n) is 1.63. The van der Waals surface area contributed by atoms with Gasteiger partial charge in [0.1, 0.15) is 0 Å². The lowest BCUT2D eigenvalue weighted by atomic mass is 10.2. The van der Waals surface area contributed by atoms with Crippen LogP contribution in [0.5, 0.6) is 0 Å². The van der Waals surface area contributed by atoms with Gasteiger partial charge in [-0.05, 0) is 31.9 Å².